The number of hydrogen-bond donors (Lipinski definition) is 1. The van der Waals surface area contributed by atoms with Crippen molar-refractivity contribution in [2.75, 3.05) is 13.2 Å². The van der Waals surface area contributed by atoms with E-state index in [1.54, 1.807) is 20.8 Å². The van der Waals surface area contributed by atoms with Gasteiger partial charge in [0.15, 0.2) is 0 Å². The number of carboxylic acids is 1. The molecule has 1 fully saturated rings. The number of ether oxygens (including phenoxy) is 2. The second kappa shape index (κ2) is 8.34. The predicted molar refractivity (Wildman–Crippen MR) is 93.5 cm³/mol. The van der Waals surface area contributed by atoms with Crippen LogP contribution in [0.5, 0.6) is 0 Å². The molecule has 0 radical (unpaired) electrons. The molecule has 0 aromatic heterocycles. The summed E-state index contributed by atoms with van der Waals surface area (Å²) in [5.41, 5.74) is 0.589. The molecule has 1 aliphatic heterocycles. The summed E-state index contributed by atoms with van der Waals surface area (Å²) in [6, 6.07) is 9.23. The van der Waals surface area contributed by atoms with Crippen LogP contribution in [0.3, 0.4) is 0 Å². The van der Waals surface area contributed by atoms with Crippen LogP contribution in [0.1, 0.15) is 39.2 Å². The van der Waals surface area contributed by atoms with Crippen molar-refractivity contribution in [1.29, 1.82) is 0 Å². The first kappa shape index (κ1) is 19.2. The van der Waals surface area contributed by atoms with E-state index in [9.17, 15) is 14.7 Å². The van der Waals surface area contributed by atoms with Crippen molar-refractivity contribution in [3.8, 4) is 0 Å². The average molecular weight is 349 g/mol. The van der Waals surface area contributed by atoms with Gasteiger partial charge in [-0.15, -0.1) is 0 Å². The molecule has 1 unspecified atom stereocenters. The minimum absolute atomic E-state index is 0.247. The third-order valence-corrected chi connectivity index (χ3v) is 3.98. The van der Waals surface area contributed by atoms with Crippen molar-refractivity contribution in [3.05, 3.63) is 35.9 Å². The quantitative estimate of drug-likeness (QED) is 0.799. The lowest BCUT2D eigenvalue weighted by atomic mass is 10.1. The monoisotopic (exact) mass is 349 g/mol. The van der Waals surface area contributed by atoms with Gasteiger partial charge in [0.05, 0.1) is 12.6 Å². The van der Waals surface area contributed by atoms with Crippen LogP contribution in [0.15, 0.2) is 30.3 Å². The molecule has 25 heavy (non-hydrogen) atoms. The first-order valence-corrected chi connectivity index (χ1v) is 8.64. The summed E-state index contributed by atoms with van der Waals surface area (Å²) in [6.45, 7) is 6.06. The van der Waals surface area contributed by atoms with Gasteiger partial charge in [-0.25, -0.2) is 9.59 Å². The normalized spacial score (nSPS) is 20.5. The van der Waals surface area contributed by atoms with Crippen LogP contribution in [0.4, 0.5) is 4.79 Å². The molecule has 6 heteroatoms. The van der Waals surface area contributed by atoms with Gasteiger partial charge in [-0.3, -0.25) is 4.90 Å². The lowest BCUT2D eigenvalue weighted by Gasteiger charge is -2.26. The van der Waals surface area contributed by atoms with Gasteiger partial charge in [0, 0.05) is 13.0 Å². The molecular formula is C19H27NO5. The fourth-order valence-corrected chi connectivity index (χ4v) is 2.85. The molecule has 1 N–H and O–H groups in total. The third-order valence-electron chi connectivity index (χ3n) is 3.98. The SMILES string of the molecule is CC(C)(C)OC(=O)N1CC(OCCCc2ccccc2)C[C@@H]1C(=O)O. The molecule has 0 aliphatic carbocycles. The van der Waals surface area contributed by atoms with Crippen LogP contribution >= 0.6 is 0 Å². The summed E-state index contributed by atoms with van der Waals surface area (Å²) in [4.78, 5) is 24.9. The highest BCUT2D eigenvalue weighted by Gasteiger charge is 2.42. The van der Waals surface area contributed by atoms with E-state index in [2.05, 4.69) is 12.1 Å². The van der Waals surface area contributed by atoms with Crippen molar-refractivity contribution in [1.82, 2.24) is 4.90 Å². The van der Waals surface area contributed by atoms with Crippen LogP contribution in [0, 0.1) is 0 Å². The van der Waals surface area contributed by atoms with Crippen molar-refractivity contribution >= 4 is 12.1 Å². The zero-order chi connectivity index (χ0) is 18.4. The van der Waals surface area contributed by atoms with Crippen molar-refractivity contribution in [3.63, 3.8) is 0 Å². The molecule has 2 atom stereocenters. The minimum Gasteiger partial charge on any atom is -0.480 e. The summed E-state index contributed by atoms with van der Waals surface area (Å²) in [6.07, 6.45) is 1.18. The van der Waals surface area contributed by atoms with E-state index in [1.807, 2.05) is 18.2 Å². The molecule has 1 aromatic carbocycles. The number of carbonyl (C=O) groups is 2. The van der Waals surface area contributed by atoms with Gasteiger partial charge in [-0.2, -0.15) is 0 Å². The van der Waals surface area contributed by atoms with Crippen molar-refractivity contribution in [2.45, 2.75) is 57.8 Å². The molecule has 1 saturated heterocycles. The Bertz CT molecular complexity index is 581. The lowest BCUT2D eigenvalue weighted by Crippen LogP contribution is -2.43. The molecular weight excluding hydrogens is 322 g/mol. The van der Waals surface area contributed by atoms with Crippen LogP contribution in [0.25, 0.3) is 0 Å². The number of aliphatic carboxylic acids is 1. The Balaban J connectivity index is 1.82. The van der Waals surface area contributed by atoms with E-state index in [0.717, 1.165) is 12.8 Å². The van der Waals surface area contributed by atoms with E-state index >= 15 is 0 Å². The zero-order valence-electron chi connectivity index (χ0n) is 15.1. The number of carbonyl (C=O) groups excluding carboxylic acids is 1. The number of hydrogen-bond acceptors (Lipinski definition) is 4. The van der Waals surface area contributed by atoms with Gasteiger partial charge in [-0.1, -0.05) is 30.3 Å². The number of amides is 1. The fraction of sp³-hybridized carbons (Fsp3) is 0.579. The number of carboxylic acid groups (broad SMARTS) is 1. The Morgan fingerprint density at radius 3 is 2.52 bits per heavy atom. The second-order valence-corrected chi connectivity index (χ2v) is 7.30. The van der Waals surface area contributed by atoms with E-state index < -0.39 is 23.7 Å². The first-order valence-electron chi connectivity index (χ1n) is 8.64. The van der Waals surface area contributed by atoms with E-state index in [-0.39, 0.29) is 12.6 Å². The average Bonchev–Trinajstić information content (AvgIpc) is 2.96. The summed E-state index contributed by atoms with van der Waals surface area (Å²) in [5, 5.41) is 9.36. The minimum atomic E-state index is -1.03. The fourth-order valence-electron chi connectivity index (χ4n) is 2.85. The first-order chi connectivity index (χ1) is 11.8. The number of aryl methyl sites for hydroxylation is 1. The standard InChI is InChI=1S/C19H27NO5/c1-19(2,3)25-18(23)20-13-15(12-16(20)17(21)22)24-11-7-10-14-8-5-4-6-9-14/h4-6,8-9,15-16H,7,10-13H2,1-3H3,(H,21,22)/t15?,16-/m1/s1. The highest BCUT2D eigenvalue weighted by Crippen LogP contribution is 2.23. The lowest BCUT2D eigenvalue weighted by molar-refractivity contribution is -0.142. The van der Waals surface area contributed by atoms with Crippen LogP contribution < -0.4 is 0 Å². The highest BCUT2D eigenvalue weighted by molar-refractivity contribution is 5.81. The Kier molecular flexibility index (Phi) is 6.42. The van der Waals surface area contributed by atoms with Gasteiger partial charge in [0.2, 0.25) is 0 Å². The molecule has 1 amide bonds. The Labute approximate surface area is 148 Å². The molecule has 138 valence electrons. The van der Waals surface area contributed by atoms with Crippen molar-refractivity contribution < 1.29 is 24.2 Å². The summed E-state index contributed by atoms with van der Waals surface area (Å²) in [7, 11) is 0. The van der Waals surface area contributed by atoms with Gasteiger partial charge >= 0.3 is 12.1 Å². The molecule has 1 aromatic rings. The summed E-state index contributed by atoms with van der Waals surface area (Å²) >= 11 is 0. The van der Waals surface area contributed by atoms with Gasteiger partial charge in [-0.05, 0) is 39.2 Å². The maximum atomic E-state index is 12.2. The maximum absolute atomic E-state index is 12.2. The number of nitrogens with zero attached hydrogens (tertiary/aromatic N) is 1. The van der Waals surface area contributed by atoms with Gasteiger partial charge < -0.3 is 14.6 Å². The summed E-state index contributed by atoms with van der Waals surface area (Å²) < 4.78 is 11.1. The maximum Gasteiger partial charge on any atom is 0.411 e. The van der Waals surface area contributed by atoms with E-state index in [1.165, 1.54) is 10.5 Å². The number of rotatable bonds is 6. The molecule has 1 heterocycles. The Morgan fingerprint density at radius 2 is 1.92 bits per heavy atom. The van der Waals surface area contributed by atoms with Crippen LogP contribution in [-0.4, -0.2) is 53.0 Å². The van der Waals surface area contributed by atoms with Gasteiger partial charge in [0.25, 0.3) is 0 Å². The third kappa shape index (κ3) is 6.05. The highest BCUT2D eigenvalue weighted by atomic mass is 16.6. The molecule has 0 bridgehead atoms. The molecule has 0 saturated carbocycles. The van der Waals surface area contributed by atoms with Crippen LogP contribution in [0.2, 0.25) is 0 Å². The summed E-state index contributed by atoms with van der Waals surface area (Å²) in [5.74, 6) is -1.03. The second-order valence-electron chi connectivity index (χ2n) is 7.30. The number of likely N-dealkylation sites (tertiary alicyclic amines) is 1. The Hall–Kier alpha value is -2.08. The van der Waals surface area contributed by atoms with Crippen molar-refractivity contribution in [2.24, 2.45) is 0 Å². The largest absolute Gasteiger partial charge is 0.480 e. The number of benzene rings is 1. The smallest absolute Gasteiger partial charge is 0.411 e. The molecule has 2 rings (SSSR count). The van der Waals surface area contributed by atoms with E-state index in [0.29, 0.717) is 13.0 Å². The zero-order valence-corrected chi connectivity index (χ0v) is 15.1. The molecule has 0 spiro atoms. The Morgan fingerprint density at radius 1 is 1.24 bits per heavy atom. The van der Waals surface area contributed by atoms with E-state index in [4.69, 9.17) is 9.47 Å². The van der Waals surface area contributed by atoms with Gasteiger partial charge in [0.1, 0.15) is 11.6 Å². The molecule has 1 aliphatic rings. The van der Waals surface area contributed by atoms with Crippen LogP contribution in [-0.2, 0) is 20.7 Å². The molecule has 6 nitrogen and oxygen atoms in total. The topological polar surface area (TPSA) is 76.1 Å². The predicted octanol–water partition coefficient (Wildman–Crippen LogP) is 3.10.